The van der Waals surface area contributed by atoms with Gasteiger partial charge in [-0.1, -0.05) is 59.6 Å². The van der Waals surface area contributed by atoms with Crippen molar-refractivity contribution in [1.82, 2.24) is 9.78 Å². The summed E-state index contributed by atoms with van der Waals surface area (Å²) in [4.78, 5) is 20.0. The third kappa shape index (κ3) is 3.06. The predicted octanol–water partition coefficient (Wildman–Crippen LogP) is 6.08. The van der Waals surface area contributed by atoms with E-state index in [0.29, 0.717) is 21.7 Å². The zero-order valence-electron chi connectivity index (χ0n) is 17.5. The fourth-order valence-electron chi connectivity index (χ4n) is 4.49. The Morgan fingerprint density at radius 3 is 2.48 bits per heavy atom. The highest BCUT2D eigenvalue weighted by atomic mass is 35.5. The summed E-state index contributed by atoms with van der Waals surface area (Å²) in [5.74, 6) is 0.646. The number of fused-ring (bicyclic) bond motifs is 4. The Hall–Kier alpha value is -3.61. The molecule has 1 N–H and O–H groups in total. The SMILES string of the molecule is Cc1nn(-c2ccccc2)c2c1[C@H](c1ccc(Cl)c(Cl)c1)N1C(=N2)C(=O)Nc2ccccc21. The largest absolute Gasteiger partial charge is 0.317 e. The third-order valence-electron chi connectivity index (χ3n) is 5.93. The number of hydrogen-bond donors (Lipinski definition) is 1. The molecular formula is C25H17Cl2N5O. The quantitative estimate of drug-likeness (QED) is 0.383. The molecule has 1 aromatic heterocycles. The number of rotatable bonds is 2. The van der Waals surface area contributed by atoms with Gasteiger partial charge in [0.25, 0.3) is 5.91 Å². The van der Waals surface area contributed by atoms with Crippen LogP contribution in [0.4, 0.5) is 17.2 Å². The molecule has 3 heterocycles. The van der Waals surface area contributed by atoms with Gasteiger partial charge in [-0.05, 0) is 48.9 Å². The van der Waals surface area contributed by atoms with Gasteiger partial charge in [0.1, 0.15) is 0 Å². The van der Waals surface area contributed by atoms with E-state index in [-0.39, 0.29) is 11.9 Å². The van der Waals surface area contributed by atoms with Crippen LogP contribution in [0, 0.1) is 6.92 Å². The van der Waals surface area contributed by atoms with Crippen LogP contribution in [0.25, 0.3) is 5.69 Å². The predicted molar refractivity (Wildman–Crippen MR) is 131 cm³/mol. The van der Waals surface area contributed by atoms with Gasteiger partial charge >= 0.3 is 0 Å². The fourth-order valence-corrected chi connectivity index (χ4v) is 4.80. The van der Waals surface area contributed by atoms with Crippen molar-refractivity contribution in [3.63, 3.8) is 0 Å². The standard InChI is InChI=1S/C25H17Cl2N5O/c1-14-21-22(15-11-12-17(26)18(27)13-15)31-20-10-6-5-9-19(20)28-25(33)24(31)29-23(21)32(30-14)16-7-3-2-4-8-16/h2-13,22H,1H3,(H,28,33)/t22-/m0/s1. The molecule has 8 heteroatoms. The summed E-state index contributed by atoms with van der Waals surface area (Å²) in [7, 11) is 0. The zero-order chi connectivity index (χ0) is 22.7. The van der Waals surface area contributed by atoms with Crippen molar-refractivity contribution in [1.29, 1.82) is 0 Å². The lowest BCUT2D eigenvalue weighted by Gasteiger charge is -2.40. The van der Waals surface area contributed by atoms with Crippen LogP contribution in [-0.4, -0.2) is 21.5 Å². The number of aromatic nitrogens is 2. The average molecular weight is 474 g/mol. The van der Waals surface area contributed by atoms with Gasteiger partial charge in [0.2, 0.25) is 5.84 Å². The second kappa shape index (κ2) is 7.47. The Balaban J connectivity index is 1.67. The second-order valence-electron chi connectivity index (χ2n) is 7.92. The van der Waals surface area contributed by atoms with E-state index in [2.05, 4.69) is 5.32 Å². The van der Waals surface area contributed by atoms with Gasteiger partial charge in [-0.3, -0.25) is 4.79 Å². The van der Waals surface area contributed by atoms with Crippen molar-refractivity contribution in [2.75, 3.05) is 10.2 Å². The smallest absolute Gasteiger partial charge is 0.291 e. The van der Waals surface area contributed by atoms with Crippen molar-refractivity contribution >= 4 is 52.1 Å². The first-order valence-corrected chi connectivity index (χ1v) is 11.2. The van der Waals surface area contributed by atoms with Gasteiger partial charge in [-0.2, -0.15) is 5.10 Å². The molecule has 2 aliphatic heterocycles. The lowest BCUT2D eigenvalue weighted by Crippen LogP contribution is -2.48. The highest BCUT2D eigenvalue weighted by molar-refractivity contribution is 6.50. The van der Waals surface area contributed by atoms with E-state index < -0.39 is 0 Å². The fraction of sp³-hybridized carbons (Fsp3) is 0.0800. The number of aliphatic imine (C=N–C) groups is 1. The van der Waals surface area contributed by atoms with E-state index in [1.165, 1.54) is 0 Å². The monoisotopic (exact) mass is 473 g/mol. The topological polar surface area (TPSA) is 62.5 Å². The number of carbonyl (C=O) groups excluding carboxylic acids is 1. The summed E-state index contributed by atoms with van der Waals surface area (Å²) in [5, 5.41) is 8.69. The maximum Gasteiger partial charge on any atom is 0.291 e. The first-order chi connectivity index (χ1) is 16.0. The molecule has 1 atom stereocenters. The number of halogens is 2. The zero-order valence-corrected chi connectivity index (χ0v) is 19.0. The number of amides is 1. The number of carbonyl (C=O) groups is 1. The molecule has 3 aromatic carbocycles. The van der Waals surface area contributed by atoms with Crippen molar-refractivity contribution in [3.05, 3.63) is 99.7 Å². The summed E-state index contributed by atoms with van der Waals surface area (Å²) in [6.45, 7) is 1.96. The summed E-state index contributed by atoms with van der Waals surface area (Å²) < 4.78 is 1.79. The molecular weight excluding hydrogens is 457 g/mol. The molecule has 0 spiro atoms. The molecule has 6 rings (SSSR count). The number of amidine groups is 1. The number of nitrogens with zero attached hydrogens (tertiary/aromatic N) is 4. The van der Waals surface area contributed by atoms with Crippen LogP contribution >= 0.6 is 23.2 Å². The Bertz CT molecular complexity index is 1460. The van der Waals surface area contributed by atoms with Crippen LogP contribution < -0.4 is 10.2 Å². The molecule has 6 nitrogen and oxygen atoms in total. The van der Waals surface area contributed by atoms with Gasteiger partial charge in [0.05, 0.1) is 38.8 Å². The number of benzene rings is 3. The summed E-state index contributed by atoms with van der Waals surface area (Å²) in [5.41, 5.74) is 5.05. The highest BCUT2D eigenvalue weighted by Gasteiger charge is 2.42. The van der Waals surface area contributed by atoms with Gasteiger partial charge in [-0.15, -0.1) is 0 Å². The molecule has 4 aromatic rings. The van der Waals surface area contributed by atoms with Crippen LogP contribution in [0.1, 0.15) is 22.9 Å². The summed E-state index contributed by atoms with van der Waals surface area (Å²) in [6, 6.07) is 22.6. The van der Waals surface area contributed by atoms with E-state index in [4.69, 9.17) is 33.3 Å². The maximum absolute atomic E-state index is 13.2. The van der Waals surface area contributed by atoms with Gasteiger partial charge in [0.15, 0.2) is 5.82 Å². The number of para-hydroxylation sites is 3. The van der Waals surface area contributed by atoms with Crippen LogP contribution in [0.3, 0.4) is 0 Å². The summed E-state index contributed by atoms with van der Waals surface area (Å²) in [6.07, 6.45) is 0. The number of hydrogen-bond acceptors (Lipinski definition) is 4. The molecule has 1 amide bonds. The molecule has 0 saturated heterocycles. The highest BCUT2D eigenvalue weighted by Crippen LogP contribution is 2.47. The minimum atomic E-state index is -0.369. The lowest BCUT2D eigenvalue weighted by atomic mass is 9.93. The minimum absolute atomic E-state index is 0.275. The third-order valence-corrected chi connectivity index (χ3v) is 6.67. The minimum Gasteiger partial charge on any atom is -0.317 e. The van der Waals surface area contributed by atoms with E-state index in [9.17, 15) is 4.79 Å². The molecule has 33 heavy (non-hydrogen) atoms. The van der Waals surface area contributed by atoms with Crippen LogP contribution in [0.5, 0.6) is 0 Å². The normalized spacial score (nSPS) is 16.5. The van der Waals surface area contributed by atoms with Crippen LogP contribution in [0.2, 0.25) is 10.0 Å². The van der Waals surface area contributed by atoms with E-state index in [0.717, 1.165) is 33.9 Å². The number of nitrogens with one attached hydrogen (secondary N) is 1. The van der Waals surface area contributed by atoms with Gasteiger partial charge in [0, 0.05) is 5.56 Å². The molecule has 0 aliphatic carbocycles. The Kier molecular flexibility index (Phi) is 4.54. The van der Waals surface area contributed by atoms with E-state index in [1.54, 1.807) is 10.7 Å². The average Bonchev–Trinajstić information content (AvgIpc) is 3.16. The van der Waals surface area contributed by atoms with Crippen molar-refractivity contribution < 1.29 is 4.79 Å². The molecule has 0 radical (unpaired) electrons. The summed E-state index contributed by atoms with van der Waals surface area (Å²) >= 11 is 12.7. The van der Waals surface area contributed by atoms with Crippen LogP contribution in [-0.2, 0) is 4.79 Å². The molecule has 162 valence electrons. The molecule has 0 unspecified atom stereocenters. The Morgan fingerprint density at radius 1 is 0.939 bits per heavy atom. The number of aryl methyl sites for hydroxylation is 1. The maximum atomic E-state index is 13.2. The molecule has 0 saturated carbocycles. The first-order valence-electron chi connectivity index (χ1n) is 10.4. The van der Waals surface area contributed by atoms with Crippen molar-refractivity contribution in [2.24, 2.45) is 4.99 Å². The molecule has 2 aliphatic rings. The van der Waals surface area contributed by atoms with Crippen LogP contribution in [0.15, 0.2) is 77.8 Å². The molecule has 0 fully saturated rings. The Labute approximate surface area is 200 Å². The number of anilines is 2. The van der Waals surface area contributed by atoms with E-state index in [1.807, 2.05) is 78.6 Å². The first kappa shape index (κ1) is 20.0. The molecule has 0 bridgehead atoms. The Morgan fingerprint density at radius 2 is 1.70 bits per heavy atom. The second-order valence-corrected chi connectivity index (χ2v) is 8.74. The van der Waals surface area contributed by atoms with Crippen molar-refractivity contribution in [3.8, 4) is 5.69 Å². The lowest BCUT2D eigenvalue weighted by molar-refractivity contribution is -0.110. The van der Waals surface area contributed by atoms with E-state index >= 15 is 0 Å². The van der Waals surface area contributed by atoms with Gasteiger partial charge < -0.3 is 10.2 Å². The van der Waals surface area contributed by atoms with Gasteiger partial charge in [-0.25, -0.2) is 9.67 Å². The van der Waals surface area contributed by atoms with Crippen molar-refractivity contribution in [2.45, 2.75) is 13.0 Å².